The van der Waals surface area contributed by atoms with Crippen molar-refractivity contribution in [2.45, 2.75) is 77.2 Å². The molecule has 0 radical (unpaired) electrons. The molecule has 0 bridgehead atoms. The molecule has 1 N–H and O–H groups in total. The third kappa shape index (κ3) is 3.27. The molecule has 0 spiro atoms. The Balaban J connectivity index is 1.60. The van der Waals surface area contributed by atoms with Gasteiger partial charge in [0.15, 0.2) is 0 Å². The number of halogens is 2. The zero-order chi connectivity index (χ0) is 20.1. The molecule has 152 valence electrons. The van der Waals surface area contributed by atoms with Crippen molar-refractivity contribution < 1.29 is 18.4 Å². The maximum absolute atomic E-state index is 13.0. The van der Waals surface area contributed by atoms with Gasteiger partial charge in [-0.25, -0.2) is 8.78 Å². The zero-order valence-corrected chi connectivity index (χ0v) is 16.6. The molecule has 0 heterocycles. The number of alkyl halides is 2. The molecule has 3 nitrogen and oxygen atoms in total. The second-order valence-electron chi connectivity index (χ2n) is 9.17. The van der Waals surface area contributed by atoms with Crippen LogP contribution in [0.2, 0.25) is 0 Å². The molecule has 3 aliphatic carbocycles. The summed E-state index contributed by atoms with van der Waals surface area (Å²) in [5, 5.41) is 2.67. The first-order chi connectivity index (χ1) is 13.3. The summed E-state index contributed by atoms with van der Waals surface area (Å²) in [7, 11) is 0. The van der Waals surface area contributed by atoms with E-state index in [1.807, 2.05) is 12.1 Å². The molecule has 1 aromatic carbocycles. The van der Waals surface area contributed by atoms with Gasteiger partial charge in [0, 0.05) is 25.2 Å². The van der Waals surface area contributed by atoms with E-state index in [0.29, 0.717) is 23.5 Å². The van der Waals surface area contributed by atoms with Gasteiger partial charge in [-0.3, -0.25) is 9.59 Å². The molecule has 0 saturated heterocycles. The van der Waals surface area contributed by atoms with E-state index in [0.717, 1.165) is 44.1 Å². The van der Waals surface area contributed by atoms with Crippen LogP contribution in [-0.2, 0) is 16.0 Å². The summed E-state index contributed by atoms with van der Waals surface area (Å²) in [4.78, 5) is 23.9. The smallest absolute Gasteiger partial charge is 0.240 e. The van der Waals surface area contributed by atoms with Crippen molar-refractivity contribution >= 4 is 11.7 Å². The van der Waals surface area contributed by atoms with Gasteiger partial charge in [0.05, 0.1) is 6.04 Å². The molecule has 5 atom stereocenters. The predicted octanol–water partition coefficient (Wildman–Crippen LogP) is 4.94. The summed E-state index contributed by atoms with van der Waals surface area (Å²) in [5.74, 6) is 1.66. The van der Waals surface area contributed by atoms with Crippen LogP contribution in [0.1, 0.15) is 81.0 Å². The molecule has 0 aromatic heterocycles. The van der Waals surface area contributed by atoms with Gasteiger partial charge < -0.3 is 5.32 Å². The Kier molecular flexibility index (Phi) is 5.05. The Bertz CT molecular complexity index is 793. The van der Waals surface area contributed by atoms with E-state index in [9.17, 15) is 18.4 Å². The topological polar surface area (TPSA) is 46.2 Å². The van der Waals surface area contributed by atoms with E-state index in [1.54, 1.807) is 0 Å². The number of fused-ring (bicyclic) bond motifs is 5. The lowest BCUT2D eigenvalue weighted by atomic mass is 9.55. The molecule has 5 heteroatoms. The van der Waals surface area contributed by atoms with Gasteiger partial charge in [-0.05, 0) is 66.5 Å². The van der Waals surface area contributed by atoms with Crippen molar-refractivity contribution in [3.63, 3.8) is 0 Å². The van der Waals surface area contributed by atoms with Gasteiger partial charge in [-0.2, -0.15) is 0 Å². The largest absolute Gasteiger partial charge is 0.349 e. The van der Waals surface area contributed by atoms with Crippen molar-refractivity contribution in [3.8, 4) is 0 Å². The summed E-state index contributed by atoms with van der Waals surface area (Å²) < 4.78 is 26.0. The first kappa shape index (κ1) is 19.5. The number of hydrogen-bond donors (Lipinski definition) is 1. The van der Waals surface area contributed by atoms with Crippen LogP contribution < -0.4 is 5.32 Å². The molecule has 0 aliphatic heterocycles. The van der Waals surface area contributed by atoms with E-state index in [1.165, 1.54) is 18.1 Å². The Morgan fingerprint density at radius 1 is 1.25 bits per heavy atom. The third-order valence-electron chi connectivity index (χ3n) is 7.65. The summed E-state index contributed by atoms with van der Waals surface area (Å²) >= 11 is 0. The van der Waals surface area contributed by atoms with E-state index < -0.39 is 12.5 Å². The Hall–Kier alpha value is -1.78. The van der Waals surface area contributed by atoms with Crippen molar-refractivity contribution in [2.24, 2.45) is 17.3 Å². The molecule has 2 fully saturated rings. The first-order valence-corrected chi connectivity index (χ1v) is 10.5. The van der Waals surface area contributed by atoms with Gasteiger partial charge in [0.25, 0.3) is 0 Å². The van der Waals surface area contributed by atoms with Gasteiger partial charge in [0.1, 0.15) is 5.78 Å². The van der Waals surface area contributed by atoms with Crippen molar-refractivity contribution in [3.05, 3.63) is 34.9 Å². The van der Waals surface area contributed by atoms with E-state index >= 15 is 0 Å². The number of benzene rings is 1. The van der Waals surface area contributed by atoms with Crippen LogP contribution in [0, 0.1) is 17.3 Å². The molecule has 2 saturated carbocycles. The standard InChI is InChI=1S/C23H29F2NO2/c1-13(27)26-20(12-22(24)25)15-4-5-16-14(11-15)3-6-18-17(16)9-10-23(2)19(18)7-8-21(23)28/h4-5,11,17-20,22H,3,6-10,12H2,1-2H3,(H,26,27)/t17-,18-,19+,20?,23+/m1/s1. The van der Waals surface area contributed by atoms with Gasteiger partial charge in [-0.1, -0.05) is 25.1 Å². The molecule has 1 aromatic rings. The van der Waals surface area contributed by atoms with Crippen molar-refractivity contribution in [1.29, 1.82) is 0 Å². The highest BCUT2D eigenvalue weighted by molar-refractivity contribution is 5.87. The van der Waals surface area contributed by atoms with Crippen LogP contribution in [0.5, 0.6) is 0 Å². The second kappa shape index (κ2) is 7.23. The normalized spacial score (nSPS) is 32.5. The fourth-order valence-corrected chi connectivity index (χ4v) is 6.29. The molecule has 3 aliphatic rings. The highest BCUT2D eigenvalue weighted by Crippen LogP contribution is 2.59. The molecule has 28 heavy (non-hydrogen) atoms. The number of nitrogens with one attached hydrogen (secondary N) is 1. The van der Waals surface area contributed by atoms with Crippen LogP contribution in [0.3, 0.4) is 0 Å². The molecule has 1 unspecified atom stereocenters. The third-order valence-corrected chi connectivity index (χ3v) is 7.65. The summed E-state index contributed by atoms with van der Waals surface area (Å²) in [5.41, 5.74) is 3.20. The first-order valence-electron chi connectivity index (χ1n) is 10.5. The molecular formula is C23H29F2NO2. The van der Waals surface area contributed by atoms with Crippen LogP contribution in [-0.4, -0.2) is 18.1 Å². The SMILES string of the molecule is CC(=O)NC(CC(F)F)c1ccc2c(c1)CC[C@@H]1[C@@H]2CC[C@]2(C)C(=O)CC[C@@H]12. The number of aryl methyl sites for hydroxylation is 1. The zero-order valence-electron chi connectivity index (χ0n) is 16.6. The van der Waals surface area contributed by atoms with Gasteiger partial charge in [-0.15, -0.1) is 0 Å². The maximum Gasteiger partial charge on any atom is 0.240 e. The van der Waals surface area contributed by atoms with E-state index in [2.05, 4.69) is 18.3 Å². The minimum absolute atomic E-state index is 0.133. The van der Waals surface area contributed by atoms with Crippen LogP contribution in [0.25, 0.3) is 0 Å². The number of amides is 1. The summed E-state index contributed by atoms with van der Waals surface area (Å²) in [6.45, 7) is 3.54. The average molecular weight is 389 g/mol. The maximum atomic E-state index is 13.0. The number of carbonyl (C=O) groups is 2. The van der Waals surface area contributed by atoms with Crippen molar-refractivity contribution in [1.82, 2.24) is 5.32 Å². The van der Waals surface area contributed by atoms with Crippen LogP contribution in [0.4, 0.5) is 8.78 Å². The molecule has 4 rings (SSSR count). The lowest BCUT2D eigenvalue weighted by Crippen LogP contribution is -2.42. The fourth-order valence-electron chi connectivity index (χ4n) is 6.29. The fraction of sp³-hybridized carbons (Fsp3) is 0.652. The predicted molar refractivity (Wildman–Crippen MR) is 103 cm³/mol. The number of hydrogen-bond acceptors (Lipinski definition) is 2. The highest BCUT2D eigenvalue weighted by Gasteiger charge is 2.54. The van der Waals surface area contributed by atoms with Crippen LogP contribution in [0.15, 0.2) is 18.2 Å². The van der Waals surface area contributed by atoms with E-state index in [4.69, 9.17) is 0 Å². The monoisotopic (exact) mass is 389 g/mol. The highest BCUT2D eigenvalue weighted by atomic mass is 19.3. The van der Waals surface area contributed by atoms with Crippen LogP contribution >= 0.6 is 0 Å². The van der Waals surface area contributed by atoms with Gasteiger partial charge >= 0.3 is 0 Å². The number of carbonyl (C=O) groups excluding carboxylic acids is 2. The number of rotatable bonds is 4. The van der Waals surface area contributed by atoms with Gasteiger partial charge in [0.2, 0.25) is 12.3 Å². The Labute approximate surface area is 165 Å². The minimum Gasteiger partial charge on any atom is -0.349 e. The van der Waals surface area contributed by atoms with Crippen molar-refractivity contribution in [2.75, 3.05) is 0 Å². The Morgan fingerprint density at radius 3 is 2.75 bits per heavy atom. The van der Waals surface area contributed by atoms with E-state index in [-0.39, 0.29) is 17.7 Å². The lowest BCUT2D eigenvalue weighted by molar-refractivity contribution is -0.129. The quantitative estimate of drug-likeness (QED) is 0.792. The minimum atomic E-state index is -2.46. The lowest BCUT2D eigenvalue weighted by Gasteiger charge is -2.48. The molecule has 1 amide bonds. The average Bonchev–Trinajstić information content (AvgIpc) is 2.95. The summed E-state index contributed by atoms with van der Waals surface area (Å²) in [6, 6.07) is 5.39. The number of ketones is 1. The summed E-state index contributed by atoms with van der Waals surface area (Å²) in [6.07, 6.45) is 2.88. The number of Topliss-reactive ketones (excluding diaryl/α,β-unsaturated/α-hetero) is 1. The second-order valence-corrected chi connectivity index (χ2v) is 9.17. The Morgan fingerprint density at radius 2 is 2.04 bits per heavy atom. The molecular weight excluding hydrogens is 360 g/mol.